The second kappa shape index (κ2) is 5.05. The van der Waals surface area contributed by atoms with E-state index in [0.717, 1.165) is 13.0 Å². The molecule has 1 unspecified atom stereocenters. The minimum atomic E-state index is -0.149. The Hall–Kier alpha value is -0.450. The number of hydrogen-bond donors (Lipinski definition) is 2. The van der Waals surface area contributed by atoms with Crippen molar-refractivity contribution in [1.82, 2.24) is 10.3 Å². The highest BCUT2D eigenvalue weighted by Crippen LogP contribution is 2.32. The van der Waals surface area contributed by atoms with E-state index in [0.29, 0.717) is 12.5 Å². The molecule has 1 saturated carbocycles. The van der Waals surface area contributed by atoms with Crippen LogP contribution >= 0.6 is 11.3 Å². The Balaban J connectivity index is 1.68. The van der Waals surface area contributed by atoms with Gasteiger partial charge in [-0.25, -0.2) is 4.98 Å². The van der Waals surface area contributed by atoms with Crippen molar-refractivity contribution < 1.29 is 5.11 Å². The summed E-state index contributed by atoms with van der Waals surface area (Å²) in [7, 11) is 0. The summed E-state index contributed by atoms with van der Waals surface area (Å²) < 4.78 is 0. The number of rotatable bonds is 6. The van der Waals surface area contributed by atoms with Gasteiger partial charge >= 0.3 is 0 Å². The van der Waals surface area contributed by atoms with Gasteiger partial charge in [0.1, 0.15) is 0 Å². The zero-order valence-corrected chi connectivity index (χ0v) is 9.89. The van der Waals surface area contributed by atoms with Gasteiger partial charge in [0.15, 0.2) is 0 Å². The summed E-state index contributed by atoms with van der Waals surface area (Å²) >= 11 is 1.75. The van der Waals surface area contributed by atoms with E-state index in [1.54, 1.807) is 11.3 Å². The Morgan fingerprint density at radius 1 is 1.67 bits per heavy atom. The third-order valence-corrected chi connectivity index (χ3v) is 3.86. The maximum Gasteiger partial charge on any atom is 0.0925 e. The lowest BCUT2D eigenvalue weighted by Crippen LogP contribution is -2.27. The van der Waals surface area contributed by atoms with Gasteiger partial charge in [-0.05, 0) is 25.2 Å². The summed E-state index contributed by atoms with van der Waals surface area (Å²) in [4.78, 5) is 5.56. The zero-order chi connectivity index (χ0) is 10.7. The van der Waals surface area contributed by atoms with Crippen LogP contribution in [0.1, 0.15) is 29.7 Å². The first kappa shape index (κ1) is 11.0. The molecule has 1 aromatic heterocycles. The molecule has 1 aliphatic carbocycles. The first-order chi connectivity index (χ1) is 7.29. The standard InChI is InChI=1S/C11H18N2OS/c1-2-11-13-6-9(15-11)5-12-7-10(14)8-3-4-8/h6,8,10,12,14H,2-5,7H2,1H3. The van der Waals surface area contributed by atoms with Crippen LogP contribution < -0.4 is 5.32 Å². The molecule has 0 aliphatic heterocycles. The molecule has 1 aromatic rings. The van der Waals surface area contributed by atoms with Gasteiger partial charge in [-0.2, -0.15) is 0 Å². The highest BCUT2D eigenvalue weighted by molar-refractivity contribution is 7.11. The van der Waals surface area contributed by atoms with Crippen molar-refractivity contribution in [2.75, 3.05) is 6.54 Å². The fourth-order valence-electron chi connectivity index (χ4n) is 1.58. The second-order valence-corrected chi connectivity index (χ2v) is 5.31. The van der Waals surface area contributed by atoms with Crippen LogP contribution in [0.25, 0.3) is 0 Å². The van der Waals surface area contributed by atoms with Crippen molar-refractivity contribution in [2.24, 2.45) is 5.92 Å². The van der Waals surface area contributed by atoms with E-state index >= 15 is 0 Å². The summed E-state index contributed by atoms with van der Waals surface area (Å²) in [6, 6.07) is 0. The molecular weight excluding hydrogens is 208 g/mol. The number of nitrogens with zero attached hydrogens (tertiary/aromatic N) is 1. The predicted molar refractivity (Wildman–Crippen MR) is 61.9 cm³/mol. The van der Waals surface area contributed by atoms with Crippen molar-refractivity contribution in [3.8, 4) is 0 Å². The molecule has 0 spiro atoms. The van der Waals surface area contributed by atoms with E-state index < -0.39 is 0 Å². The Kier molecular flexibility index (Phi) is 3.72. The van der Waals surface area contributed by atoms with Gasteiger partial charge in [-0.3, -0.25) is 0 Å². The van der Waals surface area contributed by atoms with Gasteiger partial charge < -0.3 is 10.4 Å². The predicted octanol–water partition coefficient (Wildman–Crippen LogP) is 1.57. The van der Waals surface area contributed by atoms with Crippen LogP contribution in [-0.4, -0.2) is 22.7 Å². The fraction of sp³-hybridized carbons (Fsp3) is 0.727. The van der Waals surface area contributed by atoms with E-state index in [4.69, 9.17) is 0 Å². The average Bonchev–Trinajstić information content (AvgIpc) is 2.99. The van der Waals surface area contributed by atoms with Crippen molar-refractivity contribution >= 4 is 11.3 Å². The maximum absolute atomic E-state index is 9.64. The number of nitrogens with one attached hydrogen (secondary N) is 1. The molecule has 0 aromatic carbocycles. The van der Waals surface area contributed by atoms with Crippen molar-refractivity contribution in [3.63, 3.8) is 0 Å². The van der Waals surface area contributed by atoms with Crippen molar-refractivity contribution in [1.29, 1.82) is 0 Å². The van der Waals surface area contributed by atoms with Gasteiger partial charge in [0, 0.05) is 24.2 Å². The van der Waals surface area contributed by atoms with Crippen LogP contribution in [0.2, 0.25) is 0 Å². The zero-order valence-electron chi connectivity index (χ0n) is 9.07. The van der Waals surface area contributed by atoms with Gasteiger partial charge in [0.25, 0.3) is 0 Å². The summed E-state index contributed by atoms with van der Waals surface area (Å²) in [5.74, 6) is 0.560. The van der Waals surface area contributed by atoms with Crippen molar-refractivity contribution in [2.45, 2.75) is 38.8 Å². The van der Waals surface area contributed by atoms with Crippen LogP contribution in [0.15, 0.2) is 6.20 Å². The van der Waals surface area contributed by atoms with Gasteiger partial charge in [-0.1, -0.05) is 6.92 Å². The molecule has 2 N–H and O–H groups in total. The third kappa shape index (κ3) is 3.26. The van der Waals surface area contributed by atoms with Crippen LogP contribution in [0.3, 0.4) is 0 Å². The summed E-state index contributed by atoms with van der Waals surface area (Å²) in [6.45, 7) is 3.67. The highest BCUT2D eigenvalue weighted by atomic mass is 32.1. The Morgan fingerprint density at radius 3 is 3.07 bits per heavy atom. The minimum Gasteiger partial charge on any atom is -0.392 e. The topological polar surface area (TPSA) is 45.2 Å². The Morgan fingerprint density at radius 2 is 2.47 bits per heavy atom. The van der Waals surface area contributed by atoms with E-state index in [2.05, 4.69) is 17.2 Å². The molecule has 2 rings (SSSR count). The lowest BCUT2D eigenvalue weighted by atomic mass is 10.2. The monoisotopic (exact) mass is 226 g/mol. The van der Waals surface area contributed by atoms with E-state index in [9.17, 15) is 5.11 Å². The van der Waals surface area contributed by atoms with Crippen LogP contribution in [0, 0.1) is 5.92 Å². The Labute approximate surface area is 94.5 Å². The molecule has 0 bridgehead atoms. The molecule has 1 heterocycles. The van der Waals surface area contributed by atoms with Gasteiger partial charge in [0.05, 0.1) is 11.1 Å². The first-order valence-electron chi connectivity index (χ1n) is 5.62. The molecule has 0 saturated heterocycles. The molecule has 1 fully saturated rings. The largest absolute Gasteiger partial charge is 0.392 e. The molecule has 1 aliphatic rings. The van der Waals surface area contributed by atoms with Crippen LogP contribution in [0.4, 0.5) is 0 Å². The molecule has 84 valence electrons. The quantitative estimate of drug-likeness (QED) is 0.774. The fourth-order valence-corrected chi connectivity index (χ4v) is 2.42. The SMILES string of the molecule is CCc1ncc(CNCC(O)C2CC2)s1. The van der Waals surface area contributed by atoms with Gasteiger partial charge in [0.2, 0.25) is 0 Å². The van der Waals surface area contributed by atoms with E-state index in [1.165, 1.54) is 22.7 Å². The summed E-state index contributed by atoms with van der Waals surface area (Å²) in [5, 5.41) is 14.1. The maximum atomic E-state index is 9.64. The molecule has 15 heavy (non-hydrogen) atoms. The number of thiazole rings is 1. The summed E-state index contributed by atoms with van der Waals surface area (Å²) in [6.07, 6.45) is 5.19. The van der Waals surface area contributed by atoms with Crippen LogP contribution in [-0.2, 0) is 13.0 Å². The number of aliphatic hydroxyl groups excluding tert-OH is 1. The minimum absolute atomic E-state index is 0.149. The average molecular weight is 226 g/mol. The summed E-state index contributed by atoms with van der Waals surface area (Å²) in [5.41, 5.74) is 0. The van der Waals surface area contributed by atoms with Crippen molar-refractivity contribution in [3.05, 3.63) is 16.1 Å². The van der Waals surface area contributed by atoms with E-state index in [-0.39, 0.29) is 6.10 Å². The van der Waals surface area contributed by atoms with Crippen LogP contribution in [0.5, 0.6) is 0 Å². The lowest BCUT2D eigenvalue weighted by molar-refractivity contribution is 0.148. The molecule has 0 radical (unpaired) electrons. The molecule has 3 nitrogen and oxygen atoms in total. The third-order valence-electron chi connectivity index (χ3n) is 2.72. The molecular formula is C11H18N2OS. The smallest absolute Gasteiger partial charge is 0.0925 e. The number of aliphatic hydroxyl groups is 1. The van der Waals surface area contributed by atoms with E-state index in [1.807, 2.05) is 6.20 Å². The van der Waals surface area contributed by atoms with Gasteiger partial charge in [-0.15, -0.1) is 11.3 Å². The lowest BCUT2D eigenvalue weighted by Gasteiger charge is -2.09. The second-order valence-electron chi connectivity index (χ2n) is 4.11. The number of aryl methyl sites for hydroxylation is 1. The normalized spacial score (nSPS) is 18.0. The Bertz CT molecular complexity index is 309. The molecule has 1 atom stereocenters. The molecule has 0 amide bonds. The number of aromatic nitrogens is 1. The molecule has 4 heteroatoms. The highest BCUT2D eigenvalue weighted by Gasteiger charge is 2.29. The first-order valence-corrected chi connectivity index (χ1v) is 6.43. The number of hydrogen-bond acceptors (Lipinski definition) is 4.